The molecule has 0 saturated carbocycles. The molecule has 1 saturated heterocycles. The molecule has 2 heterocycles. The average Bonchev–Trinajstić information content (AvgIpc) is 2.75. The molecule has 0 spiro atoms. The molecule has 1 aliphatic rings. The molecule has 7 nitrogen and oxygen atoms in total. The number of anilines is 2. The van der Waals surface area contributed by atoms with Gasteiger partial charge in [0.1, 0.15) is 9.88 Å². The minimum atomic E-state index is -0.622. The van der Waals surface area contributed by atoms with Crippen LogP contribution >= 0.6 is 11.3 Å². The fourth-order valence-corrected chi connectivity index (χ4v) is 3.38. The molecule has 0 aromatic carbocycles. The molecular weight excluding hydrogens is 280 g/mol. The zero-order valence-corrected chi connectivity index (χ0v) is 12.3. The highest BCUT2D eigenvalue weighted by atomic mass is 32.1. The minimum Gasteiger partial charge on any atom is -0.397 e. The summed E-state index contributed by atoms with van der Waals surface area (Å²) in [6.07, 6.45) is 0.0521. The van der Waals surface area contributed by atoms with Crippen LogP contribution in [0.25, 0.3) is 0 Å². The second-order valence-electron chi connectivity index (χ2n) is 4.60. The van der Waals surface area contributed by atoms with Crippen molar-refractivity contribution < 1.29 is 14.3 Å². The van der Waals surface area contributed by atoms with E-state index in [1.165, 1.54) is 18.4 Å². The molecule has 0 aliphatic carbocycles. The molecule has 20 heavy (non-hydrogen) atoms. The van der Waals surface area contributed by atoms with Gasteiger partial charge in [0.2, 0.25) is 0 Å². The van der Waals surface area contributed by atoms with Crippen molar-refractivity contribution in [3.05, 3.63) is 10.4 Å². The topological polar surface area (TPSA) is 111 Å². The first kappa shape index (κ1) is 14.6. The van der Waals surface area contributed by atoms with Crippen LogP contribution in [-0.4, -0.2) is 44.7 Å². The van der Waals surface area contributed by atoms with Crippen molar-refractivity contribution in [1.82, 2.24) is 5.32 Å². The number of primary amides is 1. The maximum atomic E-state index is 11.8. The lowest BCUT2D eigenvalue weighted by atomic mass is 10.2. The standard InChI is InChI=1S/C12H18N4O3S/c1-6-5-16(3-4-19-6)12-7(10(14)17)8(13)9(20-12)11(18)15-2/h6H,3-5,13H2,1-2H3,(H2,14,17)(H,15,18). The van der Waals surface area contributed by atoms with E-state index in [1.54, 1.807) is 0 Å². The summed E-state index contributed by atoms with van der Waals surface area (Å²) in [7, 11) is 1.52. The van der Waals surface area contributed by atoms with Crippen molar-refractivity contribution in [3.63, 3.8) is 0 Å². The molecule has 8 heteroatoms. The van der Waals surface area contributed by atoms with Gasteiger partial charge in [-0.2, -0.15) is 0 Å². The predicted molar refractivity (Wildman–Crippen MR) is 78.3 cm³/mol. The number of carbonyl (C=O) groups is 2. The number of rotatable bonds is 3. The molecule has 2 rings (SSSR count). The second-order valence-corrected chi connectivity index (χ2v) is 5.59. The summed E-state index contributed by atoms with van der Waals surface area (Å²) in [5.74, 6) is -0.939. The zero-order valence-electron chi connectivity index (χ0n) is 11.4. The van der Waals surface area contributed by atoms with Crippen LogP contribution < -0.4 is 21.7 Å². The van der Waals surface area contributed by atoms with Crippen LogP contribution in [0.5, 0.6) is 0 Å². The van der Waals surface area contributed by atoms with Crippen molar-refractivity contribution >= 4 is 33.8 Å². The van der Waals surface area contributed by atoms with Crippen LogP contribution in [0.1, 0.15) is 27.0 Å². The third-order valence-corrected chi connectivity index (χ3v) is 4.40. The van der Waals surface area contributed by atoms with Crippen molar-refractivity contribution in [2.24, 2.45) is 5.73 Å². The highest BCUT2D eigenvalue weighted by Crippen LogP contribution is 2.38. The van der Waals surface area contributed by atoms with E-state index in [2.05, 4.69) is 5.32 Å². The van der Waals surface area contributed by atoms with Crippen LogP contribution in [0.3, 0.4) is 0 Å². The summed E-state index contributed by atoms with van der Waals surface area (Å²) in [4.78, 5) is 25.7. The van der Waals surface area contributed by atoms with Gasteiger partial charge in [0, 0.05) is 20.1 Å². The monoisotopic (exact) mass is 298 g/mol. The molecule has 1 atom stereocenters. The molecule has 1 aromatic heterocycles. The van der Waals surface area contributed by atoms with E-state index >= 15 is 0 Å². The lowest BCUT2D eigenvalue weighted by Gasteiger charge is -2.32. The van der Waals surface area contributed by atoms with E-state index in [-0.39, 0.29) is 23.3 Å². The number of hydrogen-bond acceptors (Lipinski definition) is 6. The summed E-state index contributed by atoms with van der Waals surface area (Å²) in [6.45, 7) is 3.78. The predicted octanol–water partition coefficient (Wildman–Crippen LogP) is 0.0139. The van der Waals surface area contributed by atoms with Crippen molar-refractivity contribution in [3.8, 4) is 0 Å². The zero-order chi connectivity index (χ0) is 14.9. The fourth-order valence-electron chi connectivity index (χ4n) is 2.18. The highest BCUT2D eigenvalue weighted by Gasteiger charge is 2.29. The van der Waals surface area contributed by atoms with E-state index in [9.17, 15) is 9.59 Å². The summed E-state index contributed by atoms with van der Waals surface area (Å²) < 4.78 is 5.47. The third kappa shape index (κ3) is 2.56. The van der Waals surface area contributed by atoms with Crippen LogP contribution in [-0.2, 0) is 4.74 Å². The Kier molecular flexibility index (Phi) is 4.15. The molecule has 110 valence electrons. The number of carbonyl (C=O) groups excluding carboxylic acids is 2. The maximum Gasteiger partial charge on any atom is 0.263 e. The van der Waals surface area contributed by atoms with Crippen LogP contribution in [0.4, 0.5) is 10.7 Å². The molecule has 1 aliphatic heterocycles. The Bertz CT molecular complexity index is 543. The normalized spacial score (nSPS) is 18.9. The molecule has 1 unspecified atom stereocenters. The summed E-state index contributed by atoms with van der Waals surface area (Å²) in [5.41, 5.74) is 11.7. The number of nitrogens with two attached hydrogens (primary N) is 2. The SMILES string of the molecule is CNC(=O)c1sc(N2CCOC(C)C2)c(C(N)=O)c1N. The lowest BCUT2D eigenvalue weighted by Crippen LogP contribution is -2.41. The van der Waals surface area contributed by atoms with Crippen LogP contribution in [0.2, 0.25) is 0 Å². The first-order valence-corrected chi connectivity index (χ1v) is 7.08. The van der Waals surface area contributed by atoms with Crippen molar-refractivity contribution in [1.29, 1.82) is 0 Å². The van der Waals surface area contributed by atoms with Gasteiger partial charge in [-0.1, -0.05) is 0 Å². The summed E-state index contributed by atoms with van der Waals surface area (Å²) >= 11 is 1.19. The summed E-state index contributed by atoms with van der Waals surface area (Å²) in [6, 6.07) is 0. The van der Waals surface area contributed by atoms with E-state index < -0.39 is 5.91 Å². The van der Waals surface area contributed by atoms with Crippen LogP contribution in [0.15, 0.2) is 0 Å². The van der Waals surface area contributed by atoms with Gasteiger partial charge in [0.25, 0.3) is 11.8 Å². The molecule has 5 N–H and O–H groups in total. The number of ether oxygens (including phenoxy) is 1. The first-order chi connectivity index (χ1) is 9.45. The Morgan fingerprint density at radius 1 is 1.50 bits per heavy atom. The quantitative estimate of drug-likeness (QED) is 0.728. The van der Waals surface area contributed by atoms with Gasteiger partial charge >= 0.3 is 0 Å². The van der Waals surface area contributed by atoms with Gasteiger partial charge in [-0.05, 0) is 6.92 Å². The summed E-state index contributed by atoms with van der Waals surface area (Å²) in [5, 5.41) is 3.15. The Labute approximate surface area is 120 Å². The molecule has 1 aromatic rings. The number of nitrogen functional groups attached to an aromatic ring is 1. The highest BCUT2D eigenvalue weighted by molar-refractivity contribution is 7.19. The molecule has 2 amide bonds. The third-order valence-electron chi connectivity index (χ3n) is 3.13. The second kappa shape index (κ2) is 5.68. The Balaban J connectivity index is 2.45. The first-order valence-electron chi connectivity index (χ1n) is 6.26. The van der Waals surface area contributed by atoms with E-state index in [4.69, 9.17) is 16.2 Å². The van der Waals surface area contributed by atoms with E-state index in [0.29, 0.717) is 29.6 Å². The van der Waals surface area contributed by atoms with Crippen molar-refractivity contribution in [2.75, 3.05) is 37.4 Å². The molecule has 1 fully saturated rings. The number of nitrogens with one attached hydrogen (secondary N) is 1. The number of thiophene rings is 1. The van der Waals surface area contributed by atoms with Gasteiger partial charge in [-0.3, -0.25) is 9.59 Å². The molecular formula is C12H18N4O3S. The molecule has 0 radical (unpaired) electrons. The van der Waals surface area contributed by atoms with Crippen molar-refractivity contribution in [2.45, 2.75) is 13.0 Å². The number of morpholine rings is 1. The Morgan fingerprint density at radius 3 is 2.75 bits per heavy atom. The van der Waals surface area contributed by atoms with Gasteiger partial charge in [-0.25, -0.2) is 0 Å². The minimum absolute atomic E-state index is 0.0521. The number of hydrogen-bond donors (Lipinski definition) is 3. The average molecular weight is 298 g/mol. The van der Waals surface area contributed by atoms with Gasteiger partial charge in [-0.15, -0.1) is 11.3 Å². The fraction of sp³-hybridized carbons (Fsp3) is 0.500. The Morgan fingerprint density at radius 2 is 2.20 bits per heavy atom. The molecule has 0 bridgehead atoms. The van der Waals surface area contributed by atoms with E-state index in [1.807, 2.05) is 11.8 Å². The van der Waals surface area contributed by atoms with Crippen LogP contribution in [0, 0.1) is 0 Å². The van der Waals surface area contributed by atoms with Gasteiger partial charge in [0.15, 0.2) is 0 Å². The largest absolute Gasteiger partial charge is 0.397 e. The van der Waals surface area contributed by atoms with Gasteiger partial charge in [0.05, 0.1) is 24.0 Å². The lowest BCUT2D eigenvalue weighted by molar-refractivity contribution is 0.0533. The van der Waals surface area contributed by atoms with E-state index in [0.717, 1.165) is 0 Å². The Hall–Kier alpha value is -1.80. The number of amides is 2. The number of nitrogens with zero attached hydrogens (tertiary/aromatic N) is 1. The van der Waals surface area contributed by atoms with Gasteiger partial charge < -0.3 is 26.4 Å². The smallest absolute Gasteiger partial charge is 0.263 e. The maximum absolute atomic E-state index is 11.8.